The lowest BCUT2D eigenvalue weighted by Crippen LogP contribution is -2.34. The van der Waals surface area contributed by atoms with E-state index in [0.29, 0.717) is 34.5 Å². The van der Waals surface area contributed by atoms with Crippen LogP contribution < -0.4 is 5.32 Å². The molecule has 0 spiro atoms. The Morgan fingerprint density at radius 2 is 2.11 bits per heavy atom. The second kappa shape index (κ2) is 7.71. The van der Waals surface area contributed by atoms with Gasteiger partial charge in [0.15, 0.2) is 0 Å². The summed E-state index contributed by atoms with van der Waals surface area (Å²) in [5.74, 6) is 0.847. The molecule has 3 aromatic rings. The number of nitriles is 1. The first-order valence-electron chi connectivity index (χ1n) is 8.81. The molecule has 2 amide bonds. The van der Waals surface area contributed by atoms with Crippen LogP contribution in [0.4, 0.5) is 10.5 Å². The molecular weight excluding hydrogens is 378 g/mol. The third-order valence-corrected chi connectivity index (χ3v) is 4.82. The van der Waals surface area contributed by atoms with E-state index in [9.17, 15) is 4.79 Å². The van der Waals surface area contributed by atoms with E-state index in [1.165, 1.54) is 0 Å². The van der Waals surface area contributed by atoms with Crippen LogP contribution in [-0.4, -0.2) is 27.6 Å². The van der Waals surface area contributed by atoms with Crippen molar-refractivity contribution in [1.82, 2.24) is 15.0 Å². The van der Waals surface area contributed by atoms with Gasteiger partial charge < -0.3 is 14.7 Å². The maximum atomic E-state index is 12.7. The number of anilines is 1. The van der Waals surface area contributed by atoms with Crippen molar-refractivity contribution in [2.45, 2.75) is 18.9 Å². The van der Waals surface area contributed by atoms with Crippen LogP contribution in [0.1, 0.15) is 30.3 Å². The third-order valence-electron chi connectivity index (χ3n) is 4.59. The number of carbonyl (C=O) groups is 1. The Labute approximate surface area is 166 Å². The quantitative estimate of drug-likeness (QED) is 0.699. The van der Waals surface area contributed by atoms with Crippen molar-refractivity contribution in [3.8, 4) is 17.5 Å². The van der Waals surface area contributed by atoms with E-state index in [0.717, 1.165) is 18.4 Å². The first-order valence-corrected chi connectivity index (χ1v) is 9.19. The number of hydrogen-bond donors (Lipinski definition) is 1. The number of nitrogens with zero attached hydrogens (tertiary/aromatic N) is 4. The summed E-state index contributed by atoms with van der Waals surface area (Å²) in [6, 6.07) is 15.5. The lowest BCUT2D eigenvalue weighted by Gasteiger charge is -2.22. The van der Waals surface area contributed by atoms with E-state index in [4.69, 9.17) is 21.4 Å². The second-order valence-corrected chi connectivity index (χ2v) is 6.87. The average Bonchev–Trinajstić information content (AvgIpc) is 3.38. The van der Waals surface area contributed by atoms with Crippen molar-refractivity contribution < 1.29 is 9.32 Å². The Bertz CT molecular complexity index is 1040. The predicted octanol–water partition coefficient (Wildman–Crippen LogP) is 4.63. The van der Waals surface area contributed by atoms with Gasteiger partial charge in [-0.2, -0.15) is 10.2 Å². The van der Waals surface area contributed by atoms with Crippen molar-refractivity contribution in [3.05, 3.63) is 65.0 Å². The van der Waals surface area contributed by atoms with Gasteiger partial charge in [-0.15, -0.1) is 0 Å². The topological polar surface area (TPSA) is 95.1 Å². The van der Waals surface area contributed by atoms with Gasteiger partial charge in [-0.05, 0) is 49.2 Å². The van der Waals surface area contributed by atoms with Gasteiger partial charge in [0, 0.05) is 22.8 Å². The van der Waals surface area contributed by atoms with Crippen molar-refractivity contribution in [2.24, 2.45) is 0 Å². The average molecular weight is 394 g/mol. The number of likely N-dealkylation sites (tertiary alicyclic amines) is 1. The van der Waals surface area contributed by atoms with E-state index in [-0.39, 0.29) is 12.1 Å². The maximum Gasteiger partial charge on any atom is 0.322 e. The Hall–Kier alpha value is -3.37. The molecule has 0 bridgehead atoms. The Kier molecular flexibility index (Phi) is 4.96. The van der Waals surface area contributed by atoms with Crippen molar-refractivity contribution in [1.29, 1.82) is 5.26 Å². The summed E-state index contributed by atoms with van der Waals surface area (Å²) in [4.78, 5) is 18.9. The number of amides is 2. The standard InChI is InChI=1S/C20H16ClN5O2/c21-15-4-1-3-14(11-15)18-24-19(28-25-18)17-5-2-10-26(17)20(27)23-16-8-6-13(12-22)7-9-16/h1,3-4,6-9,11,17H,2,5,10H2,(H,23,27). The van der Waals surface area contributed by atoms with Crippen LogP contribution in [0.15, 0.2) is 53.1 Å². The summed E-state index contributed by atoms with van der Waals surface area (Å²) in [6.07, 6.45) is 1.60. The molecule has 1 aromatic heterocycles. The highest BCUT2D eigenvalue weighted by atomic mass is 35.5. The maximum absolute atomic E-state index is 12.7. The van der Waals surface area contributed by atoms with E-state index in [1.54, 1.807) is 41.3 Å². The molecule has 8 heteroatoms. The fourth-order valence-electron chi connectivity index (χ4n) is 3.21. The van der Waals surface area contributed by atoms with Gasteiger partial charge in [0.25, 0.3) is 0 Å². The van der Waals surface area contributed by atoms with Crippen LogP contribution in [0.2, 0.25) is 5.02 Å². The lowest BCUT2D eigenvalue weighted by molar-refractivity contribution is 0.193. The molecule has 1 atom stereocenters. The van der Waals surface area contributed by atoms with Crippen LogP contribution in [0.25, 0.3) is 11.4 Å². The molecule has 0 aliphatic carbocycles. The molecule has 2 aromatic carbocycles. The molecule has 1 fully saturated rings. The second-order valence-electron chi connectivity index (χ2n) is 6.44. The first-order chi connectivity index (χ1) is 13.6. The number of urea groups is 1. The van der Waals surface area contributed by atoms with Crippen LogP contribution in [0, 0.1) is 11.3 Å². The zero-order valence-electron chi connectivity index (χ0n) is 14.8. The van der Waals surface area contributed by atoms with E-state index >= 15 is 0 Å². The SMILES string of the molecule is N#Cc1ccc(NC(=O)N2CCCC2c2nc(-c3cccc(Cl)c3)no2)cc1. The Morgan fingerprint density at radius 3 is 2.86 bits per heavy atom. The Morgan fingerprint density at radius 1 is 1.29 bits per heavy atom. The highest BCUT2D eigenvalue weighted by Crippen LogP contribution is 2.32. The van der Waals surface area contributed by atoms with Crippen molar-refractivity contribution in [2.75, 3.05) is 11.9 Å². The van der Waals surface area contributed by atoms with E-state index in [1.807, 2.05) is 12.1 Å². The summed E-state index contributed by atoms with van der Waals surface area (Å²) in [6.45, 7) is 0.599. The van der Waals surface area contributed by atoms with Crippen LogP contribution in [0.3, 0.4) is 0 Å². The molecule has 1 aliphatic heterocycles. The number of nitrogens with one attached hydrogen (secondary N) is 1. The summed E-state index contributed by atoms with van der Waals surface area (Å²) in [5.41, 5.74) is 1.92. The van der Waals surface area contributed by atoms with Gasteiger partial charge in [-0.25, -0.2) is 4.79 Å². The molecule has 4 rings (SSSR count). The van der Waals surface area contributed by atoms with Gasteiger partial charge in [-0.3, -0.25) is 0 Å². The number of hydrogen-bond acceptors (Lipinski definition) is 5. The smallest absolute Gasteiger partial charge is 0.322 e. The largest absolute Gasteiger partial charge is 0.337 e. The zero-order valence-corrected chi connectivity index (χ0v) is 15.6. The lowest BCUT2D eigenvalue weighted by atomic mass is 10.2. The number of rotatable bonds is 3. The van der Waals surface area contributed by atoms with Crippen LogP contribution >= 0.6 is 11.6 Å². The van der Waals surface area contributed by atoms with Gasteiger partial charge in [0.05, 0.1) is 11.6 Å². The molecule has 0 radical (unpaired) electrons. The third kappa shape index (κ3) is 3.68. The summed E-state index contributed by atoms with van der Waals surface area (Å²) < 4.78 is 5.44. The number of benzene rings is 2. The number of carbonyl (C=O) groups excluding carboxylic acids is 1. The van der Waals surface area contributed by atoms with Crippen molar-refractivity contribution >= 4 is 23.3 Å². The molecule has 1 aliphatic rings. The fraction of sp³-hybridized carbons (Fsp3) is 0.200. The molecule has 7 nitrogen and oxygen atoms in total. The summed E-state index contributed by atoms with van der Waals surface area (Å²) >= 11 is 6.02. The normalized spacial score (nSPS) is 16.0. The molecule has 140 valence electrons. The van der Waals surface area contributed by atoms with Crippen molar-refractivity contribution in [3.63, 3.8) is 0 Å². The summed E-state index contributed by atoms with van der Waals surface area (Å²) in [7, 11) is 0. The molecule has 28 heavy (non-hydrogen) atoms. The van der Waals surface area contributed by atoms with E-state index in [2.05, 4.69) is 21.5 Å². The monoisotopic (exact) mass is 393 g/mol. The predicted molar refractivity (Wildman–Crippen MR) is 104 cm³/mol. The minimum absolute atomic E-state index is 0.241. The van der Waals surface area contributed by atoms with Gasteiger partial charge >= 0.3 is 6.03 Å². The van der Waals surface area contributed by atoms with Gasteiger partial charge in [0.2, 0.25) is 11.7 Å². The molecule has 0 saturated carbocycles. The highest BCUT2D eigenvalue weighted by molar-refractivity contribution is 6.30. The number of aromatic nitrogens is 2. The molecule has 2 heterocycles. The minimum Gasteiger partial charge on any atom is -0.337 e. The first kappa shape index (κ1) is 18.0. The van der Waals surface area contributed by atoms with Crippen LogP contribution in [-0.2, 0) is 0 Å². The highest BCUT2D eigenvalue weighted by Gasteiger charge is 2.34. The zero-order chi connectivity index (χ0) is 19.5. The molecule has 1 saturated heterocycles. The molecule has 1 unspecified atom stereocenters. The van der Waals surface area contributed by atoms with E-state index < -0.39 is 0 Å². The Balaban J connectivity index is 1.50. The van der Waals surface area contributed by atoms with Gasteiger partial charge in [-0.1, -0.05) is 28.9 Å². The number of halogens is 1. The molecular formula is C20H16ClN5O2. The molecule has 1 N–H and O–H groups in total. The summed E-state index contributed by atoms with van der Waals surface area (Å²) in [5, 5.41) is 16.3. The van der Waals surface area contributed by atoms with Gasteiger partial charge in [0.1, 0.15) is 6.04 Å². The minimum atomic E-state index is -0.279. The fourth-order valence-corrected chi connectivity index (χ4v) is 3.40. The van der Waals surface area contributed by atoms with Crippen LogP contribution in [0.5, 0.6) is 0 Å².